The van der Waals surface area contributed by atoms with E-state index in [9.17, 15) is 5.11 Å². The van der Waals surface area contributed by atoms with E-state index in [0.717, 1.165) is 17.0 Å². The summed E-state index contributed by atoms with van der Waals surface area (Å²) in [7, 11) is 0. The first-order valence-electron chi connectivity index (χ1n) is 5.16. The van der Waals surface area contributed by atoms with E-state index < -0.39 is 0 Å². The minimum Gasteiger partial charge on any atom is -0.507 e. The lowest BCUT2D eigenvalue weighted by molar-refractivity contribution is 0.474. The van der Waals surface area contributed by atoms with Crippen LogP contribution < -0.4 is 0 Å². The zero-order valence-corrected chi connectivity index (χ0v) is 9.09. The molecule has 2 rings (SSSR count). The first-order valence-corrected chi connectivity index (χ1v) is 5.16. The second-order valence-electron chi connectivity index (χ2n) is 3.55. The Morgan fingerprint density at radius 2 is 1.56 bits per heavy atom. The fraction of sp³-hybridized carbons (Fsp3) is 0.0714. The molecule has 0 fully saturated rings. The van der Waals surface area contributed by atoms with Crippen LogP contribution in [0.4, 0.5) is 5.69 Å². The van der Waals surface area contributed by atoms with E-state index in [1.807, 2.05) is 49.4 Å². The normalized spacial score (nSPS) is 11.4. The second-order valence-corrected chi connectivity index (χ2v) is 3.55. The van der Waals surface area contributed by atoms with Crippen LogP contribution in [0.1, 0.15) is 12.5 Å². The fourth-order valence-electron chi connectivity index (χ4n) is 1.54. The van der Waals surface area contributed by atoms with Gasteiger partial charge in [0.05, 0.1) is 5.69 Å². The van der Waals surface area contributed by atoms with E-state index in [2.05, 4.69) is 4.99 Å². The Morgan fingerprint density at radius 1 is 0.938 bits per heavy atom. The number of phenols is 1. The molecule has 2 heteroatoms. The van der Waals surface area contributed by atoms with Crippen molar-refractivity contribution in [1.29, 1.82) is 0 Å². The van der Waals surface area contributed by atoms with E-state index in [1.54, 1.807) is 12.1 Å². The highest BCUT2D eigenvalue weighted by atomic mass is 16.3. The van der Waals surface area contributed by atoms with Crippen LogP contribution in [0.2, 0.25) is 0 Å². The van der Waals surface area contributed by atoms with Crippen LogP contribution in [0.25, 0.3) is 0 Å². The summed E-state index contributed by atoms with van der Waals surface area (Å²) in [5, 5.41) is 9.68. The third-order valence-electron chi connectivity index (χ3n) is 2.35. The molecule has 16 heavy (non-hydrogen) atoms. The summed E-state index contributed by atoms with van der Waals surface area (Å²) >= 11 is 0. The molecule has 0 aliphatic carbocycles. The molecule has 1 N–H and O–H groups in total. The third-order valence-corrected chi connectivity index (χ3v) is 2.35. The van der Waals surface area contributed by atoms with Crippen molar-refractivity contribution >= 4 is 11.4 Å². The first kappa shape index (κ1) is 10.4. The molecular formula is C14H13NO. The number of aliphatic imine (C=N–C) groups is 1. The van der Waals surface area contributed by atoms with Crippen LogP contribution in [0, 0.1) is 0 Å². The second kappa shape index (κ2) is 4.62. The smallest absolute Gasteiger partial charge is 0.124 e. The average molecular weight is 211 g/mol. The molecule has 2 aromatic rings. The average Bonchev–Trinajstić information content (AvgIpc) is 2.31. The molecule has 0 aromatic heterocycles. The van der Waals surface area contributed by atoms with E-state index in [4.69, 9.17) is 0 Å². The molecule has 2 aromatic carbocycles. The summed E-state index contributed by atoms with van der Waals surface area (Å²) in [4.78, 5) is 4.45. The Hall–Kier alpha value is -2.09. The highest BCUT2D eigenvalue weighted by Gasteiger charge is 2.02. The molecule has 0 spiro atoms. The molecule has 0 heterocycles. The maximum atomic E-state index is 9.68. The number of nitrogens with zero attached hydrogens (tertiary/aromatic N) is 1. The Kier molecular flexibility index (Phi) is 3.01. The summed E-state index contributed by atoms with van der Waals surface area (Å²) in [5.74, 6) is 0.264. The van der Waals surface area contributed by atoms with Crippen molar-refractivity contribution in [3.8, 4) is 5.75 Å². The van der Waals surface area contributed by atoms with Gasteiger partial charge in [-0.2, -0.15) is 0 Å². The molecule has 0 amide bonds. The van der Waals surface area contributed by atoms with Gasteiger partial charge in [0.25, 0.3) is 0 Å². The van der Waals surface area contributed by atoms with Gasteiger partial charge in [-0.05, 0) is 31.2 Å². The van der Waals surface area contributed by atoms with Gasteiger partial charge in [-0.15, -0.1) is 0 Å². The SMILES string of the molecule is C/C(=N\c1ccccc1)c1ccccc1O. The minimum absolute atomic E-state index is 0.264. The minimum atomic E-state index is 0.264. The standard InChI is InChI=1S/C14H13NO/c1-11(13-9-5-6-10-14(13)16)15-12-7-3-2-4-8-12/h2-10,16H,1H3/b15-11+. The number of para-hydroxylation sites is 2. The molecule has 80 valence electrons. The molecule has 0 saturated heterocycles. The van der Waals surface area contributed by atoms with Crippen molar-refractivity contribution < 1.29 is 5.11 Å². The highest BCUT2D eigenvalue weighted by Crippen LogP contribution is 2.19. The van der Waals surface area contributed by atoms with Gasteiger partial charge in [-0.1, -0.05) is 30.3 Å². The Labute approximate surface area is 94.9 Å². The highest BCUT2D eigenvalue weighted by molar-refractivity contribution is 6.02. The molecule has 2 nitrogen and oxygen atoms in total. The van der Waals surface area contributed by atoms with E-state index in [1.165, 1.54) is 0 Å². The zero-order valence-electron chi connectivity index (χ0n) is 9.09. The molecule has 0 saturated carbocycles. The number of hydrogen-bond acceptors (Lipinski definition) is 2. The van der Waals surface area contributed by atoms with Crippen molar-refractivity contribution in [2.75, 3.05) is 0 Å². The number of phenolic OH excluding ortho intramolecular Hbond substituents is 1. The molecule has 0 aliphatic rings. The van der Waals surface area contributed by atoms with Gasteiger partial charge in [-0.25, -0.2) is 0 Å². The number of hydrogen-bond donors (Lipinski definition) is 1. The largest absolute Gasteiger partial charge is 0.507 e. The molecule has 0 radical (unpaired) electrons. The monoisotopic (exact) mass is 211 g/mol. The van der Waals surface area contributed by atoms with Crippen LogP contribution in [0.3, 0.4) is 0 Å². The lowest BCUT2D eigenvalue weighted by atomic mass is 10.1. The lowest BCUT2D eigenvalue weighted by Crippen LogP contribution is -1.93. The van der Waals surface area contributed by atoms with Gasteiger partial charge < -0.3 is 5.11 Å². The van der Waals surface area contributed by atoms with Crippen LogP contribution in [-0.2, 0) is 0 Å². The molecule has 0 bridgehead atoms. The Morgan fingerprint density at radius 3 is 2.25 bits per heavy atom. The van der Waals surface area contributed by atoms with E-state index >= 15 is 0 Å². The number of rotatable bonds is 2. The van der Waals surface area contributed by atoms with Crippen molar-refractivity contribution in [2.45, 2.75) is 6.92 Å². The number of aromatic hydroxyl groups is 1. The summed E-state index contributed by atoms with van der Waals surface area (Å²) < 4.78 is 0. The quantitative estimate of drug-likeness (QED) is 0.757. The zero-order chi connectivity index (χ0) is 11.4. The predicted octanol–water partition coefficient (Wildman–Crippen LogP) is 3.53. The van der Waals surface area contributed by atoms with Gasteiger partial charge >= 0.3 is 0 Å². The van der Waals surface area contributed by atoms with Gasteiger partial charge in [0, 0.05) is 11.3 Å². The van der Waals surface area contributed by atoms with Gasteiger partial charge in [0.1, 0.15) is 5.75 Å². The predicted molar refractivity (Wildman–Crippen MR) is 66.4 cm³/mol. The Bertz CT molecular complexity index is 503. The molecule has 0 unspecified atom stereocenters. The van der Waals surface area contributed by atoms with Crippen molar-refractivity contribution in [3.63, 3.8) is 0 Å². The number of benzene rings is 2. The van der Waals surface area contributed by atoms with Gasteiger partial charge in [-0.3, -0.25) is 4.99 Å². The first-order chi connectivity index (χ1) is 7.77. The van der Waals surface area contributed by atoms with E-state index in [-0.39, 0.29) is 5.75 Å². The van der Waals surface area contributed by atoms with Crippen molar-refractivity contribution in [1.82, 2.24) is 0 Å². The van der Waals surface area contributed by atoms with Crippen LogP contribution >= 0.6 is 0 Å². The van der Waals surface area contributed by atoms with Crippen LogP contribution in [-0.4, -0.2) is 10.8 Å². The van der Waals surface area contributed by atoms with E-state index in [0.29, 0.717) is 0 Å². The fourth-order valence-corrected chi connectivity index (χ4v) is 1.54. The summed E-state index contributed by atoms with van der Waals surface area (Å²) in [5.41, 5.74) is 2.47. The van der Waals surface area contributed by atoms with Crippen LogP contribution in [0.5, 0.6) is 5.75 Å². The topological polar surface area (TPSA) is 32.6 Å². The molecular weight excluding hydrogens is 198 g/mol. The maximum Gasteiger partial charge on any atom is 0.124 e. The van der Waals surface area contributed by atoms with Crippen LogP contribution in [0.15, 0.2) is 59.6 Å². The van der Waals surface area contributed by atoms with Crippen molar-refractivity contribution in [2.24, 2.45) is 4.99 Å². The molecule has 0 atom stereocenters. The summed E-state index contributed by atoms with van der Waals surface area (Å²) in [6.07, 6.45) is 0. The maximum absolute atomic E-state index is 9.68. The summed E-state index contributed by atoms with van der Waals surface area (Å²) in [6.45, 7) is 1.89. The Balaban J connectivity index is 2.36. The van der Waals surface area contributed by atoms with Crippen molar-refractivity contribution in [3.05, 3.63) is 60.2 Å². The van der Waals surface area contributed by atoms with Gasteiger partial charge in [0.15, 0.2) is 0 Å². The molecule has 0 aliphatic heterocycles. The van der Waals surface area contributed by atoms with Gasteiger partial charge in [0.2, 0.25) is 0 Å². The third kappa shape index (κ3) is 2.28. The summed E-state index contributed by atoms with van der Waals surface area (Å²) in [6, 6.07) is 16.9. The lowest BCUT2D eigenvalue weighted by Gasteiger charge is -2.03.